The maximum absolute atomic E-state index is 11.8. The van der Waals surface area contributed by atoms with E-state index in [9.17, 15) is 19.7 Å². The minimum Gasteiger partial charge on any atom is -0.356 e. The number of H-pyrrole nitrogens is 1. The van der Waals surface area contributed by atoms with Gasteiger partial charge in [-0.05, 0) is 28.9 Å². The Kier molecular flexibility index (Phi) is 4.38. The number of hydrazine groups is 1. The summed E-state index contributed by atoms with van der Waals surface area (Å²) in [5.74, 6) is -1.15. The van der Waals surface area contributed by atoms with Crippen LogP contribution in [0.5, 0.6) is 0 Å². The molecule has 0 radical (unpaired) electrons. The molecule has 0 aliphatic heterocycles. The van der Waals surface area contributed by atoms with Crippen LogP contribution >= 0.6 is 27.3 Å². The summed E-state index contributed by atoms with van der Waals surface area (Å²) in [6.45, 7) is 1.55. The Morgan fingerprint density at radius 2 is 2.00 bits per heavy atom. The zero-order valence-electron chi connectivity index (χ0n) is 10.6. The molecule has 0 fully saturated rings. The van der Waals surface area contributed by atoms with Crippen LogP contribution in [0, 0.1) is 17.0 Å². The van der Waals surface area contributed by atoms with Gasteiger partial charge < -0.3 is 4.98 Å². The first-order valence-electron chi connectivity index (χ1n) is 5.58. The number of hydrogen-bond donors (Lipinski definition) is 3. The first-order valence-corrected chi connectivity index (χ1v) is 7.19. The van der Waals surface area contributed by atoms with Gasteiger partial charge in [0.05, 0.1) is 9.80 Å². The van der Waals surface area contributed by atoms with E-state index in [1.54, 1.807) is 19.2 Å². The number of amides is 2. The lowest BCUT2D eigenvalue weighted by Crippen LogP contribution is -2.41. The third kappa shape index (κ3) is 3.47. The maximum atomic E-state index is 11.8. The van der Waals surface area contributed by atoms with E-state index >= 15 is 0 Å². The van der Waals surface area contributed by atoms with Crippen molar-refractivity contribution in [3.8, 4) is 0 Å². The molecule has 2 amide bonds. The number of hydrogen-bond acceptors (Lipinski definition) is 5. The Labute approximate surface area is 130 Å². The number of nitro groups is 1. The second-order valence-corrected chi connectivity index (χ2v) is 6.12. The highest BCUT2D eigenvalue weighted by Crippen LogP contribution is 2.27. The van der Waals surface area contributed by atoms with Crippen molar-refractivity contribution in [1.82, 2.24) is 15.8 Å². The van der Waals surface area contributed by atoms with E-state index in [4.69, 9.17) is 0 Å². The Balaban J connectivity index is 2.00. The molecule has 0 aromatic carbocycles. The van der Waals surface area contributed by atoms with Crippen molar-refractivity contribution in [2.45, 2.75) is 6.92 Å². The van der Waals surface area contributed by atoms with Gasteiger partial charge in [-0.1, -0.05) is 0 Å². The minimum absolute atomic E-state index is 0.121. The number of thiophene rings is 1. The van der Waals surface area contributed by atoms with Crippen molar-refractivity contribution in [3.05, 3.63) is 48.4 Å². The van der Waals surface area contributed by atoms with E-state index in [2.05, 4.69) is 31.8 Å². The van der Waals surface area contributed by atoms with Gasteiger partial charge in [0, 0.05) is 16.7 Å². The lowest BCUT2D eigenvalue weighted by atomic mass is 10.3. The summed E-state index contributed by atoms with van der Waals surface area (Å²) in [7, 11) is 0. The lowest BCUT2D eigenvalue weighted by Gasteiger charge is -2.04. The van der Waals surface area contributed by atoms with Crippen molar-refractivity contribution in [2.75, 3.05) is 0 Å². The zero-order valence-corrected chi connectivity index (χ0v) is 13.0. The van der Waals surface area contributed by atoms with Crippen molar-refractivity contribution in [3.63, 3.8) is 0 Å². The van der Waals surface area contributed by atoms with Gasteiger partial charge in [-0.2, -0.15) is 0 Å². The molecule has 0 spiro atoms. The third-order valence-corrected chi connectivity index (χ3v) is 3.99. The van der Waals surface area contributed by atoms with Crippen molar-refractivity contribution >= 4 is 44.8 Å². The van der Waals surface area contributed by atoms with E-state index in [1.807, 2.05) is 0 Å². The molecule has 110 valence electrons. The molecule has 0 unspecified atom stereocenters. The molecule has 2 aromatic rings. The fourth-order valence-corrected chi connectivity index (χ4v) is 2.73. The topological polar surface area (TPSA) is 117 Å². The molecule has 0 atom stereocenters. The number of aromatic nitrogens is 1. The molecule has 0 aliphatic rings. The highest BCUT2D eigenvalue weighted by molar-refractivity contribution is 9.10. The molecule has 0 saturated carbocycles. The summed E-state index contributed by atoms with van der Waals surface area (Å²) in [5.41, 5.74) is 4.55. The number of aryl methyl sites for hydroxylation is 1. The standard InChI is InChI=1S/C11H9BrN4O4S/c1-5-8(16(19)20)3-9(21-5)11(18)15-14-10(17)7-2-6(12)4-13-7/h2-4,13H,1H3,(H,14,17)(H,15,18). The lowest BCUT2D eigenvalue weighted by molar-refractivity contribution is -0.385. The van der Waals surface area contributed by atoms with Crippen LogP contribution in [0.2, 0.25) is 0 Å². The Morgan fingerprint density at radius 3 is 2.52 bits per heavy atom. The van der Waals surface area contributed by atoms with Crippen LogP contribution in [0.3, 0.4) is 0 Å². The average molecular weight is 373 g/mol. The van der Waals surface area contributed by atoms with Gasteiger partial charge in [0.15, 0.2) is 0 Å². The van der Waals surface area contributed by atoms with Crippen molar-refractivity contribution in [2.24, 2.45) is 0 Å². The van der Waals surface area contributed by atoms with Gasteiger partial charge in [-0.15, -0.1) is 11.3 Å². The smallest absolute Gasteiger partial charge is 0.286 e. The summed E-state index contributed by atoms with van der Waals surface area (Å²) in [6.07, 6.45) is 1.57. The number of aromatic amines is 1. The summed E-state index contributed by atoms with van der Waals surface area (Å²) >= 11 is 4.16. The van der Waals surface area contributed by atoms with Crippen LogP contribution in [-0.4, -0.2) is 21.7 Å². The molecule has 10 heteroatoms. The fourth-order valence-electron chi connectivity index (χ4n) is 1.51. The van der Waals surface area contributed by atoms with Crippen LogP contribution in [0.1, 0.15) is 25.0 Å². The van der Waals surface area contributed by atoms with Crippen LogP contribution in [0.25, 0.3) is 0 Å². The molecule has 2 aromatic heterocycles. The molecule has 0 aliphatic carbocycles. The van der Waals surface area contributed by atoms with Gasteiger partial charge >= 0.3 is 0 Å². The second kappa shape index (κ2) is 6.06. The molecule has 0 bridgehead atoms. The summed E-state index contributed by atoms with van der Waals surface area (Å²) in [5, 5.41) is 10.7. The number of nitrogens with one attached hydrogen (secondary N) is 3. The third-order valence-electron chi connectivity index (χ3n) is 2.49. The van der Waals surface area contributed by atoms with Crippen LogP contribution in [0.4, 0.5) is 5.69 Å². The Morgan fingerprint density at radius 1 is 1.33 bits per heavy atom. The molecule has 0 saturated heterocycles. The predicted octanol–water partition coefficient (Wildman–Crippen LogP) is 2.13. The van der Waals surface area contributed by atoms with Crippen LogP contribution in [0.15, 0.2) is 22.8 Å². The molecule has 21 heavy (non-hydrogen) atoms. The van der Waals surface area contributed by atoms with Gasteiger partial charge in [0.25, 0.3) is 17.5 Å². The first-order chi connectivity index (χ1) is 9.88. The van der Waals surface area contributed by atoms with E-state index < -0.39 is 16.7 Å². The van der Waals surface area contributed by atoms with E-state index in [-0.39, 0.29) is 16.3 Å². The highest BCUT2D eigenvalue weighted by Gasteiger charge is 2.20. The van der Waals surface area contributed by atoms with E-state index in [0.717, 1.165) is 11.3 Å². The number of halogens is 1. The highest BCUT2D eigenvalue weighted by atomic mass is 79.9. The second-order valence-electron chi connectivity index (χ2n) is 3.95. The minimum atomic E-state index is -0.616. The Bertz CT molecular complexity index is 724. The number of carbonyl (C=O) groups excluding carboxylic acids is 2. The molecular formula is C11H9BrN4O4S. The van der Waals surface area contributed by atoms with E-state index in [0.29, 0.717) is 9.35 Å². The zero-order chi connectivity index (χ0) is 15.6. The van der Waals surface area contributed by atoms with Gasteiger partial charge in [0.2, 0.25) is 0 Å². The monoisotopic (exact) mass is 372 g/mol. The molecular weight excluding hydrogens is 364 g/mol. The summed E-state index contributed by atoms with van der Waals surface area (Å²) < 4.78 is 0.698. The van der Waals surface area contributed by atoms with Gasteiger partial charge in [-0.3, -0.25) is 30.6 Å². The first kappa shape index (κ1) is 15.2. The average Bonchev–Trinajstić information content (AvgIpc) is 3.01. The SMILES string of the molecule is Cc1sc(C(=O)NNC(=O)c2cc(Br)c[nH]2)cc1[N+](=O)[O-]. The number of nitrogens with zero attached hydrogens (tertiary/aromatic N) is 1. The molecule has 2 rings (SSSR count). The molecule has 8 nitrogen and oxygen atoms in total. The van der Waals surface area contributed by atoms with Crippen molar-refractivity contribution in [1.29, 1.82) is 0 Å². The number of carbonyl (C=O) groups is 2. The molecule has 2 heterocycles. The summed E-state index contributed by atoms with van der Waals surface area (Å²) in [6, 6.07) is 2.72. The predicted molar refractivity (Wildman–Crippen MR) is 79.1 cm³/mol. The largest absolute Gasteiger partial charge is 0.356 e. The number of rotatable bonds is 3. The maximum Gasteiger partial charge on any atom is 0.286 e. The normalized spacial score (nSPS) is 10.2. The van der Waals surface area contributed by atoms with Crippen molar-refractivity contribution < 1.29 is 14.5 Å². The fraction of sp³-hybridized carbons (Fsp3) is 0.0909. The quantitative estimate of drug-likeness (QED) is 0.564. The van der Waals surface area contributed by atoms with Crippen LogP contribution < -0.4 is 10.9 Å². The van der Waals surface area contributed by atoms with Gasteiger partial charge in [-0.25, -0.2) is 0 Å². The summed E-state index contributed by atoms with van der Waals surface area (Å²) in [4.78, 5) is 36.9. The Hall–Kier alpha value is -2.20. The van der Waals surface area contributed by atoms with Crippen LogP contribution in [-0.2, 0) is 0 Å². The van der Waals surface area contributed by atoms with E-state index in [1.165, 1.54) is 6.07 Å². The molecule has 3 N–H and O–H groups in total. The van der Waals surface area contributed by atoms with Gasteiger partial charge in [0.1, 0.15) is 10.6 Å².